The first kappa shape index (κ1) is 18.0. The number of anilines is 1. The third-order valence-electron chi connectivity index (χ3n) is 5.75. The highest BCUT2D eigenvalue weighted by atomic mass is 32.2. The number of primary amides is 1. The molecular weight excluding hydrogens is 360 g/mol. The fourth-order valence-corrected chi connectivity index (χ4v) is 6.15. The lowest BCUT2D eigenvalue weighted by molar-refractivity contribution is -0.119. The summed E-state index contributed by atoms with van der Waals surface area (Å²) in [6.45, 7) is 1.84. The van der Waals surface area contributed by atoms with E-state index in [0.717, 1.165) is 31.2 Å². The van der Waals surface area contributed by atoms with E-state index in [9.17, 15) is 13.2 Å². The van der Waals surface area contributed by atoms with Crippen LogP contribution in [0.25, 0.3) is 0 Å². The van der Waals surface area contributed by atoms with Gasteiger partial charge in [-0.05, 0) is 73.9 Å². The first-order valence-electron chi connectivity index (χ1n) is 9.44. The lowest BCUT2D eigenvalue weighted by atomic mass is 9.87. The Bertz CT molecular complexity index is 1000. The first-order chi connectivity index (χ1) is 12.9. The van der Waals surface area contributed by atoms with Gasteiger partial charge in [-0.25, -0.2) is 8.42 Å². The molecule has 0 spiro atoms. The fourth-order valence-electron chi connectivity index (χ4n) is 4.40. The number of hydrogen-bond acceptors (Lipinski definition) is 3. The van der Waals surface area contributed by atoms with Gasteiger partial charge < -0.3 is 5.73 Å². The van der Waals surface area contributed by atoms with Gasteiger partial charge in [0, 0.05) is 6.04 Å². The highest BCUT2D eigenvalue weighted by Gasteiger charge is 2.39. The Labute approximate surface area is 160 Å². The Morgan fingerprint density at radius 3 is 2.52 bits per heavy atom. The summed E-state index contributed by atoms with van der Waals surface area (Å²) in [5.41, 5.74) is 9.20. The number of rotatable bonds is 3. The number of hydrogen-bond donors (Lipinski definition) is 1. The number of carbonyl (C=O) groups excluding carboxylic acids is 1. The fraction of sp³-hybridized carbons (Fsp3) is 0.381. The molecule has 2 aromatic carbocycles. The Hall–Kier alpha value is -2.34. The SMILES string of the molecule is C[C@H]1C[C@@H](C(N)=O)c2ccccc2N1S(=O)(=O)c1ccc2c(c1)CCCC2. The summed E-state index contributed by atoms with van der Waals surface area (Å²) in [5, 5.41) is 0. The zero-order valence-corrected chi connectivity index (χ0v) is 16.2. The molecule has 2 N–H and O–H groups in total. The second kappa shape index (κ2) is 6.68. The summed E-state index contributed by atoms with van der Waals surface area (Å²) in [6.07, 6.45) is 4.58. The number of carbonyl (C=O) groups is 1. The second-order valence-electron chi connectivity index (χ2n) is 7.54. The van der Waals surface area contributed by atoms with E-state index in [-0.39, 0.29) is 6.04 Å². The van der Waals surface area contributed by atoms with E-state index in [2.05, 4.69) is 0 Å². The molecule has 27 heavy (non-hydrogen) atoms. The Morgan fingerprint density at radius 1 is 1.07 bits per heavy atom. The molecule has 4 rings (SSSR count). The second-order valence-corrected chi connectivity index (χ2v) is 9.35. The molecule has 0 saturated carbocycles. The minimum Gasteiger partial charge on any atom is -0.369 e. The van der Waals surface area contributed by atoms with Gasteiger partial charge in [0.15, 0.2) is 0 Å². The van der Waals surface area contributed by atoms with Crippen LogP contribution in [0, 0.1) is 0 Å². The van der Waals surface area contributed by atoms with E-state index in [1.807, 2.05) is 25.1 Å². The number of fused-ring (bicyclic) bond motifs is 2. The Morgan fingerprint density at radius 2 is 1.78 bits per heavy atom. The summed E-state index contributed by atoms with van der Waals surface area (Å²) in [5.74, 6) is -0.883. The molecule has 0 aromatic heterocycles. The number of sulfonamides is 1. The van der Waals surface area contributed by atoms with E-state index in [1.54, 1.807) is 24.3 Å². The Kier molecular flexibility index (Phi) is 4.46. The molecule has 1 aliphatic heterocycles. The molecule has 2 aromatic rings. The van der Waals surface area contributed by atoms with Crippen LogP contribution in [0.1, 0.15) is 48.8 Å². The maximum absolute atomic E-state index is 13.5. The quantitative estimate of drug-likeness (QED) is 0.883. The van der Waals surface area contributed by atoms with Crippen LogP contribution >= 0.6 is 0 Å². The van der Waals surface area contributed by atoms with Gasteiger partial charge in [-0.2, -0.15) is 0 Å². The van der Waals surface area contributed by atoms with Crippen molar-refractivity contribution in [2.45, 2.75) is 55.9 Å². The van der Waals surface area contributed by atoms with Crippen LogP contribution in [0.5, 0.6) is 0 Å². The molecule has 0 saturated heterocycles. The van der Waals surface area contributed by atoms with Crippen LogP contribution in [0.15, 0.2) is 47.4 Å². The topological polar surface area (TPSA) is 80.5 Å². The van der Waals surface area contributed by atoms with Crippen LogP contribution in [0.3, 0.4) is 0 Å². The average Bonchev–Trinajstić information content (AvgIpc) is 2.66. The average molecular weight is 385 g/mol. The van der Waals surface area contributed by atoms with Gasteiger partial charge in [0.25, 0.3) is 10.0 Å². The standard InChI is InChI=1S/C21H24N2O3S/c1-14-12-19(21(22)24)18-8-4-5-9-20(18)23(14)27(25,26)17-11-10-15-6-2-3-7-16(15)13-17/h4-5,8-11,13-14,19H,2-3,6-7,12H2,1H3,(H2,22,24)/t14-,19+/m0/s1. The molecule has 6 heteroatoms. The molecular formula is C21H24N2O3S. The molecule has 0 fully saturated rings. The van der Waals surface area contributed by atoms with Crippen molar-refractivity contribution in [1.29, 1.82) is 0 Å². The van der Waals surface area contributed by atoms with Gasteiger partial charge in [0.2, 0.25) is 5.91 Å². The first-order valence-corrected chi connectivity index (χ1v) is 10.9. The van der Waals surface area contributed by atoms with Crippen molar-refractivity contribution in [3.05, 3.63) is 59.2 Å². The largest absolute Gasteiger partial charge is 0.369 e. The number of nitrogens with two attached hydrogens (primary N) is 1. The van der Waals surface area contributed by atoms with E-state index in [1.165, 1.54) is 9.87 Å². The van der Waals surface area contributed by atoms with Crippen molar-refractivity contribution in [3.8, 4) is 0 Å². The van der Waals surface area contributed by atoms with Crippen LogP contribution < -0.4 is 10.0 Å². The normalized spacial score (nSPS) is 22.0. The number of aryl methyl sites for hydroxylation is 2. The predicted octanol–water partition coefficient (Wildman–Crippen LogP) is 3.12. The van der Waals surface area contributed by atoms with Crippen molar-refractivity contribution >= 4 is 21.6 Å². The van der Waals surface area contributed by atoms with Crippen LogP contribution in [0.4, 0.5) is 5.69 Å². The molecule has 1 aliphatic carbocycles. The number of nitrogens with zero attached hydrogens (tertiary/aromatic N) is 1. The lowest BCUT2D eigenvalue weighted by Gasteiger charge is -2.39. The van der Waals surface area contributed by atoms with E-state index >= 15 is 0 Å². The third kappa shape index (κ3) is 3.02. The maximum atomic E-state index is 13.5. The van der Waals surface area contributed by atoms with Gasteiger partial charge >= 0.3 is 0 Å². The molecule has 0 bridgehead atoms. The zero-order valence-electron chi connectivity index (χ0n) is 15.4. The minimum absolute atomic E-state index is 0.322. The van der Waals surface area contributed by atoms with Gasteiger partial charge in [-0.15, -0.1) is 0 Å². The van der Waals surface area contributed by atoms with Crippen molar-refractivity contribution < 1.29 is 13.2 Å². The highest BCUT2D eigenvalue weighted by molar-refractivity contribution is 7.92. The molecule has 1 heterocycles. The highest BCUT2D eigenvalue weighted by Crippen LogP contribution is 2.41. The minimum atomic E-state index is -3.73. The third-order valence-corrected chi connectivity index (χ3v) is 7.67. The monoisotopic (exact) mass is 384 g/mol. The van der Waals surface area contributed by atoms with E-state index in [4.69, 9.17) is 5.73 Å². The van der Waals surface area contributed by atoms with Crippen molar-refractivity contribution in [3.63, 3.8) is 0 Å². The summed E-state index contributed by atoms with van der Waals surface area (Å²) in [7, 11) is -3.73. The van der Waals surface area contributed by atoms with Crippen molar-refractivity contribution in [2.24, 2.45) is 5.73 Å². The zero-order chi connectivity index (χ0) is 19.2. The van der Waals surface area contributed by atoms with E-state index in [0.29, 0.717) is 22.6 Å². The molecule has 5 nitrogen and oxygen atoms in total. The predicted molar refractivity (Wildman–Crippen MR) is 105 cm³/mol. The molecule has 2 atom stereocenters. The summed E-state index contributed by atoms with van der Waals surface area (Å²) in [4.78, 5) is 12.2. The Balaban J connectivity index is 1.81. The molecule has 1 amide bonds. The van der Waals surface area contributed by atoms with Crippen LogP contribution in [0.2, 0.25) is 0 Å². The van der Waals surface area contributed by atoms with Gasteiger partial charge in [-0.1, -0.05) is 24.3 Å². The molecule has 0 unspecified atom stereocenters. The smallest absolute Gasteiger partial charge is 0.264 e. The molecule has 2 aliphatic rings. The number of benzene rings is 2. The summed E-state index contributed by atoms with van der Waals surface area (Å²) >= 11 is 0. The number of para-hydroxylation sites is 1. The van der Waals surface area contributed by atoms with Crippen LogP contribution in [-0.2, 0) is 27.7 Å². The van der Waals surface area contributed by atoms with Gasteiger partial charge in [0.1, 0.15) is 0 Å². The lowest BCUT2D eigenvalue weighted by Crippen LogP contribution is -2.45. The van der Waals surface area contributed by atoms with Crippen molar-refractivity contribution in [2.75, 3.05) is 4.31 Å². The number of amides is 1. The van der Waals surface area contributed by atoms with Gasteiger partial charge in [-0.3, -0.25) is 9.10 Å². The van der Waals surface area contributed by atoms with Crippen LogP contribution in [-0.4, -0.2) is 20.4 Å². The molecule has 0 radical (unpaired) electrons. The van der Waals surface area contributed by atoms with Crippen molar-refractivity contribution in [1.82, 2.24) is 0 Å². The summed E-state index contributed by atoms with van der Waals surface area (Å²) in [6, 6.07) is 12.3. The van der Waals surface area contributed by atoms with Gasteiger partial charge in [0.05, 0.1) is 16.5 Å². The van der Waals surface area contributed by atoms with E-state index < -0.39 is 21.8 Å². The molecule has 142 valence electrons. The summed E-state index contributed by atoms with van der Waals surface area (Å²) < 4.78 is 28.5. The maximum Gasteiger partial charge on any atom is 0.264 e.